The van der Waals surface area contributed by atoms with Gasteiger partial charge in [-0.15, -0.1) is 0 Å². The van der Waals surface area contributed by atoms with Gasteiger partial charge in [0.05, 0.1) is 24.6 Å². The number of ether oxygens (including phenoxy) is 1. The molecule has 0 amide bonds. The van der Waals surface area contributed by atoms with Crippen molar-refractivity contribution in [2.75, 3.05) is 26.7 Å². The van der Waals surface area contributed by atoms with Crippen LogP contribution in [-0.2, 0) is 4.79 Å². The van der Waals surface area contributed by atoms with Crippen LogP contribution in [0.4, 0.5) is 0 Å². The minimum absolute atomic E-state index is 0.175. The van der Waals surface area contributed by atoms with E-state index >= 15 is 0 Å². The summed E-state index contributed by atoms with van der Waals surface area (Å²) in [5, 5.41) is 25.1. The van der Waals surface area contributed by atoms with Crippen LogP contribution in [0.5, 0.6) is 5.75 Å². The number of hydrogen-bond acceptors (Lipinski definition) is 6. The third kappa shape index (κ3) is 5.03. The summed E-state index contributed by atoms with van der Waals surface area (Å²) >= 11 is 0. The lowest BCUT2D eigenvalue weighted by atomic mass is 9.74. The van der Waals surface area contributed by atoms with E-state index in [1.54, 1.807) is 13.3 Å². The maximum Gasteiger partial charge on any atom is 0.309 e. The average molecular weight is 476 g/mol. The molecule has 35 heavy (non-hydrogen) atoms. The van der Waals surface area contributed by atoms with Crippen molar-refractivity contribution in [2.24, 2.45) is 5.92 Å². The second-order valence-electron chi connectivity index (χ2n) is 9.77. The lowest BCUT2D eigenvalue weighted by molar-refractivity contribution is -0.145. The van der Waals surface area contributed by atoms with E-state index in [9.17, 15) is 15.0 Å². The van der Waals surface area contributed by atoms with Gasteiger partial charge in [-0.05, 0) is 67.1 Å². The monoisotopic (exact) mass is 475 g/mol. The summed E-state index contributed by atoms with van der Waals surface area (Å²) in [6.07, 6.45) is 3.84. The van der Waals surface area contributed by atoms with Crippen molar-refractivity contribution in [3.8, 4) is 5.75 Å². The molecule has 7 heteroatoms. The number of methoxy groups -OCH3 is 1. The molecular formula is C28H33N3O4. The molecule has 3 atom stereocenters. The molecule has 1 aromatic heterocycles. The summed E-state index contributed by atoms with van der Waals surface area (Å²) in [6.45, 7) is 1.70. The Morgan fingerprint density at radius 3 is 2.74 bits per heavy atom. The maximum absolute atomic E-state index is 12.1. The number of fused-ring (bicyclic) bond motifs is 1. The number of nitrogens with one attached hydrogen (secondary N) is 1. The molecule has 2 aromatic carbocycles. The topological polar surface area (TPSA) is 94.9 Å². The lowest BCUT2D eigenvalue weighted by Crippen LogP contribution is -2.57. The number of carbonyl (C=O) groups is 1. The molecule has 0 spiro atoms. The third-order valence-corrected chi connectivity index (χ3v) is 7.78. The van der Waals surface area contributed by atoms with Gasteiger partial charge in [-0.1, -0.05) is 30.3 Å². The Hall–Kier alpha value is -3.00. The van der Waals surface area contributed by atoms with E-state index in [1.807, 2.05) is 30.3 Å². The Balaban J connectivity index is 1.20. The number of rotatable bonds is 8. The number of nitrogens with zero attached hydrogens (tertiary/aromatic N) is 2. The Kier molecular flexibility index (Phi) is 7.00. The predicted molar refractivity (Wildman–Crippen MR) is 135 cm³/mol. The summed E-state index contributed by atoms with van der Waals surface area (Å²) in [5.74, 6) is 0.000673. The van der Waals surface area contributed by atoms with E-state index in [1.165, 1.54) is 5.56 Å². The van der Waals surface area contributed by atoms with Gasteiger partial charge >= 0.3 is 5.97 Å². The molecule has 1 aliphatic heterocycles. The van der Waals surface area contributed by atoms with Gasteiger partial charge in [0.25, 0.3) is 0 Å². The zero-order valence-corrected chi connectivity index (χ0v) is 20.0. The minimum atomic E-state index is -0.779. The Bertz CT molecular complexity index is 1170. The molecular weight excluding hydrogens is 442 g/mol. The zero-order chi connectivity index (χ0) is 24.4. The summed E-state index contributed by atoms with van der Waals surface area (Å²) < 4.78 is 5.33. The number of piperidine rings is 1. The summed E-state index contributed by atoms with van der Waals surface area (Å²) in [5.41, 5.74) is 2.92. The fourth-order valence-corrected chi connectivity index (χ4v) is 5.62. The first kappa shape index (κ1) is 23.7. The van der Waals surface area contributed by atoms with Crippen LogP contribution in [0.15, 0.2) is 60.8 Å². The molecule has 2 aliphatic rings. The highest BCUT2D eigenvalue weighted by Crippen LogP contribution is 2.41. The molecule has 5 rings (SSSR count). The largest absolute Gasteiger partial charge is 0.497 e. The lowest BCUT2D eigenvalue weighted by Gasteiger charge is -2.47. The minimum Gasteiger partial charge on any atom is -0.497 e. The van der Waals surface area contributed by atoms with E-state index in [-0.39, 0.29) is 12.6 Å². The quantitative estimate of drug-likeness (QED) is 0.458. The van der Waals surface area contributed by atoms with Crippen molar-refractivity contribution < 1.29 is 19.7 Å². The Labute approximate surface area is 205 Å². The maximum atomic E-state index is 12.1. The second kappa shape index (κ2) is 10.3. The van der Waals surface area contributed by atoms with E-state index in [0.717, 1.165) is 42.3 Å². The van der Waals surface area contributed by atoms with Gasteiger partial charge in [-0.3, -0.25) is 14.7 Å². The summed E-state index contributed by atoms with van der Waals surface area (Å²) in [4.78, 5) is 18.9. The standard InChI is InChI=1S/C28H33N3O4/c1-35-21-7-8-25-23(15-21)22(9-11-29-25)27(32)16-30-26-10-12-31(17-24(26)28(33)34)20-13-19(14-20)18-5-3-2-4-6-18/h2-9,11,15,19-20,24,26-27,30,32H,10,12-14,16-17H2,1H3,(H,33,34)/t19-,20+,24?,26?,27-/m0/s1. The van der Waals surface area contributed by atoms with Gasteiger partial charge in [0.1, 0.15) is 5.75 Å². The van der Waals surface area contributed by atoms with Gasteiger partial charge in [0.15, 0.2) is 0 Å². The molecule has 2 unspecified atom stereocenters. The number of carboxylic acid groups (broad SMARTS) is 1. The molecule has 1 saturated carbocycles. The van der Waals surface area contributed by atoms with Crippen LogP contribution in [0.2, 0.25) is 0 Å². The van der Waals surface area contributed by atoms with Crippen LogP contribution >= 0.6 is 0 Å². The highest BCUT2D eigenvalue weighted by molar-refractivity contribution is 5.83. The van der Waals surface area contributed by atoms with E-state index in [0.29, 0.717) is 24.3 Å². The number of pyridine rings is 1. The van der Waals surface area contributed by atoms with Crippen LogP contribution in [-0.4, -0.2) is 64.9 Å². The highest BCUT2D eigenvalue weighted by Gasteiger charge is 2.41. The van der Waals surface area contributed by atoms with Crippen LogP contribution in [0.25, 0.3) is 10.9 Å². The number of aliphatic hydroxyl groups excluding tert-OH is 1. The van der Waals surface area contributed by atoms with Crippen molar-refractivity contribution >= 4 is 16.9 Å². The molecule has 184 valence electrons. The molecule has 0 radical (unpaired) electrons. The first-order valence-corrected chi connectivity index (χ1v) is 12.4. The summed E-state index contributed by atoms with van der Waals surface area (Å²) in [6, 6.07) is 18.3. The van der Waals surface area contributed by atoms with Gasteiger partial charge in [-0.25, -0.2) is 0 Å². The smallest absolute Gasteiger partial charge is 0.309 e. The number of aliphatic carboxylic acids is 1. The fraction of sp³-hybridized carbons (Fsp3) is 0.429. The zero-order valence-electron chi connectivity index (χ0n) is 20.0. The van der Waals surface area contributed by atoms with Crippen molar-refractivity contribution in [2.45, 2.75) is 43.4 Å². The van der Waals surface area contributed by atoms with Gasteiger partial charge in [-0.2, -0.15) is 0 Å². The SMILES string of the molecule is COc1ccc2nccc([C@@H](O)CNC3CCN([C@H]4C[C@@H](c5ccccc5)C4)CC3C(=O)O)c2c1. The predicted octanol–water partition coefficient (Wildman–Crippen LogP) is 3.59. The molecule has 2 heterocycles. The molecule has 1 saturated heterocycles. The van der Waals surface area contributed by atoms with Crippen molar-refractivity contribution in [3.63, 3.8) is 0 Å². The second-order valence-corrected chi connectivity index (χ2v) is 9.77. The first-order chi connectivity index (χ1) is 17.0. The van der Waals surface area contributed by atoms with Gasteiger partial charge < -0.3 is 20.3 Å². The van der Waals surface area contributed by atoms with Gasteiger partial charge in [0, 0.05) is 36.8 Å². The fourth-order valence-electron chi connectivity index (χ4n) is 5.62. The molecule has 3 N–H and O–H groups in total. The average Bonchev–Trinajstić information content (AvgIpc) is 2.86. The molecule has 0 bridgehead atoms. The van der Waals surface area contributed by atoms with E-state index < -0.39 is 18.0 Å². The number of hydrogen-bond donors (Lipinski definition) is 3. The molecule has 7 nitrogen and oxygen atoms in total. The van der Waals surface area contributed by atoms with Crippen molar-refractivity contribution in [1.82, 2.24) is 15.2 Å². The van der Waals surface area contributed by atoms with Crippen LogP contribution in [0.1, 0.15) is 42.4 Å². The van der Waals surface area contributed by atoms with Crippen molar-refractivity contribution in [3.05, 3.63) is 71.9 Å². The van der Waals surface area contributed by atoms with Crippen LogP contribution in [0.3, 0.4) is 0 Å². The number of aliphatic hydroxyl groups is 1. The molecule has 3 aromatic rings. The van der Waals surface area contributed by atoms with Crippen LogP contribution in [0, 0.1) is 5.92 Å². The number of carboxylic acids is 1. The van der Waals surface area contributed by atoms with Crippen molar-refractivity contribution in [1.29, 1.82) is 0 Å². The normalized spacial score (nSPS) is 25.7. The number of benzene rings is 2. The Morgan fingerprint density at radius 1 is 1.20 bits per heavy atom. The Morgan fingerprint density at radius 2 is 2.00 bits per heavy atom. The summed E-state index contributed by atoms with van der Waals surface area (Å²) in [7, 11) is 1.61. The van der Waals surface area contributed by atoms with E-state index in [4.69, 9.17) is 4.74 Å². The van der Waals surface area contributed by atoms with Gasteiger partial charge in [0.2, 0.25) is 0 Å². The number of likely N-dealkylation sites (tertiary alicyclic amines) is 1. The third-order valence-electron chi connectivity index (χ3n) is 7.78. The molecule has 2 fully saturated rings. The first-order valence-electron chi connectivity index (χ1n) is 12.4. The van der Waals surface area contributed by atoms with Crippen LogP contribution < -0.4 is 10.1 Å². The molecule has 1 aliphatic carbocycles. The number of aromatic nitrogens is 1. The van der Waals surface area contributed by atoms with E-state index in [2.05, 4.69) is 39.5 Å². The highest BCUT2D eigenvalue weighted by atomic mass is 16.5.